The van der Waals surface area contributed by atoms with Gasteiger partial charge in [0.1, 0.15) is 13.2 Å². The molecule has 1 aliphatic heterocycles. The lowest BCUT2D eigenvalue weighted by Crippen LogP contribution is -2.28. The average molecular weight is 237 g/mol. The van der Waals surface area contributed by atoms with Crippen molar-refractivity contribution in [2.24, 2.45) is 0 Å². The summed E-state index contributed by atoms with van der Waals surface area (Å²) in [5.41, 5.74) is 3.88. The molecule has 1 aromatic rings. The van der Waals surface area contributed by atoms with Crippen molar-refractivity contribution in [2.75, 3.05) is 13.2 Å². The predicted molar refractivity (Wildman–Crippen MR) is 65.1 cm³/mol. The van der Waals surface area contributed by atoms with E-state index in [-0.39, 0.29) is 5.60 Å². The smallest absolute Gasteiger partial charge is 0.161 e. The number of rotatable bonds is 3. The molecule has 0 saturated heterocycles. The molecule has 1 aliphatic rings. The summed E-state index contributed by atoms with van der Waals surface area (Å²) in [7, 11) is 0. The van der Waals surface area contributed by atoms with Gasteiger partial charge in [0.2, 0.25) is 0 Å². The molecule has 4 nitrogen and oxygen atoms in total. The number of fused-ring (bicyclic) bond motifs is 1. The maximum atomic E-state index is 5.52. The molecule has 0 saturated carbocycles. The van der Waals surface area contributed by atoms with Gasteiger partial charge < -0.3 is 9.47 Å². The second-order valence-corrected chi connectivity index (χ2v) is 5.01. The minimum atomic E-state index is -0.187. The van der Waals surface area contributed by atoms with E-state index in [9.17, 15) is 0 Å². The van der Waals surface area contributed by atoms with Crippen molar-refractivity contribution in [3.63, 3.8) is 0 Å². The van der Waals surface area contributed by atoms with Crippen LogP contribution in [0.4, 0.5) is 0 Å². The lowest BCUT2D eigenvalue weighted by atomic mass is 10.2. The second-order valence-electron chi connectivity index (χ2n) is 5.01. The molecule has 2 rings (SSSR count). The molecule has 1 heterocycles. The largest absolute Gasteiger partial charge is 0.486 e. The molecule has 0 aliphatic carbocycles. The van der Waals surface area contributed by atoms with E-state index in [4.69, 9.17) is 14.3 Å². The molecule has 94 valence electrons. The molecule has 0 fully saturated rings. The van der Waals surface area contributed by atoms with Crippen molar-refractivity contribution in [1.29, 1.82) is 0 Å². The van der Waals surface area contributed by atoms with Gasteiger partial charge in [0.15, 0.2) is 11.5 Å². The Morgan fingerprint density at radius 1 is 1.18 bits per heavy atom. The van der Waals surface area contributed by atoms with Gasteiger partial charge >= 0.3 is 0 Å². The van der Waals surface area contributed by atoms with Gasteiger partial charge in [-0.3, -0.25) is 4.84 Å². The zero-order chi connectivity index (χ0) is 12.3. The van der Waals surface area contributed by atoms with Crippen LogP contribution >= 0.6 is 0 Å². The average Bonchev–Trinajstić information content (AvgIpc) is 2.27. The molecule has 0 spiro atoms. The second kappa shape index (κ2) is 4.94. The first-order valence-corrected chi connectivity index (χ1v) is 5.84. The molecule has 0 atom stereocenters. The van der Waals surface area contributed by atoms with E-state index < -0.39 is 0 Å². The first-order chi connectivity index (χ1) is 8.04. The molecule has 4 heteroatoms. The fourth-order valence-electron chi connectivity index (χ4n) is 1.53. The van der Waals surface area contributed by atoms with Gasteiger partial charge in [-0.1, -0.05) is 6.07 Å². The Hall–Kier alpha value is -1.26. The molecular weight excluding hydrogens is 218 g/mol. The van der Waals surface area contributed by atoms with Crippen LogP contribution in [0.15, 0.2) is 18.2 Å². The Morgan fingerprint density at radius 3 is 2.59 bits per heavy atom. The van der Waals surface area contributed by atoms with E-state index in [1.807, 2.05) is 39.0 Å². The van der Waals surface area contributed by atoms with Gasteiger partial charge in [0.05, 0.1) is 5.60 Å². The van der Waals surface area contributed by atoms with Gasteiger partial charge in [0, 0.05) is 6.54 Å². The van der Waals surface area contributed by atoms with Crippen molar-refractivity contribution in [3.8, 4) is 11.5 Å². The van der Waals surface area contributed by atoms with Gasteiger partial charge in [-0.25, -0.2) is 0 Å². The minimum absolute atomic E-state index is 0.187. The number of benzene rings is 1. The zero-order valence-corrected chi connectivity index (χ0v) is 10.6. The van der Waals surface area contributed by atoms with E-state index in [1.165, 1.54) is 0 Å². The quantitative estimate of drug-likeness (QED) is 0.819. The van der Waals surface area contributed by atoms with Crippen LogP contribution in [0.25, 0.3) is 0 Å². The van der Waals surface area contributed by atoms with Crippen LogP contribution in [-0.2, 0) is 11.4 Å². The van der Waals surface area contributed by atoms with Crippen LogP contribution in [0.5, 0.6) is 11.5 Å². The van der Waals surface area contributed by atoms with E-state index in [0.717, 1.165) is 17.1 Å². The summed E-state index contributed by atoms with van der Waals surface area (Å²) in [6.07, 6.45) is 0. The summed E-state index contributed by atoms with van der Waals surface area (Å²) in [4.78, 5) is 5.46. The van der Waals surface area contributed by atoms with Crippen LogP contribution in [0.2, 0.25) is 0 Å². The number of hydrogen-bond acceptors (Lipinski definition) is 4. The van der Waals surface area contributed by atoms with Crippen molar-refractivity contribution in [1.82, 2.24) is 5.48 Å². The topological polar surface area (TPSA) is 39.7 Å². The standard InChI is InChI=1S/C13H19NO3/c1-13(2,3)17-14-9-10-4-5-11-12(8-10)16-7-6-15-11/h4-5,8,14H,6-7,9H2,1-3H3. The molecule has 1 aromatic carbocycles. The van der Waals surface area contributed by atoms with Crippen LogP contribution in [0.1, 0.15) is 26.3 Å². The number of nitrogens with one attached hydrogen (secondary N) is 1. The molecule has 0 unspecified atom stereocenters. The summed E-state index contributed by atoms with van der Waals surface area (Å²) >= 11 is 0. The highest BCUT2D eigenvalue weighted by Gasteiger charge is 2.13. The monoisotopic (exact) mass is 237 g/mol. The first-order valence-electron chi connectivity index (χ1n) is 5.84. The summed E-state index contributed by atoms with van der Waals surface area (Å²) in [5, 5.41) is 0. The van der Waals surface area contributed by atoms with Crippen LogP contribution in [0, 0.1) is 0 Å². The van der Waals surface area contributed by atoms with Crippen molar-refractivity contribution in [2.45, 2.75) is 32.9 Å². The van der Waals surface area contributed by atoms with Crippen LogP contribution < -0.4 is 15.0 Å². The number of ether oxygens (including phenoxy) is 2. The third-order valence-corrected chi connectivity index (χ3v) is 2.26. The van der Waals surface area contributed by atoms with Crippen molar-refractivity contribution in [3.05, 3.63) is 23.8 Å². The molecule has 17 heavy (non-hydrogen) atoms. The van der Waals surface area contributed by atoms with E-state index >= 15 is 0 Å². The lowest BCUT2D eigenvalue weighted by molar-refractivity contribution is -0.0757. The normalized spacial score (nSPS) is 14.8. The summed E-state index contributed by atoms with van der Waals surface area (Å²) in [6.45, 7) is 7.89. The van der Waals surface area contributed by atoms with Crippen LogP contribution in [-0.4, -0.2) is 18.8 Å². The Balaban J connectivity index is 1.93. The van der Waals surface area contributed by atoms with Gasteiger partial charge in [0.25, 0.3) is 0 Å². The maximum absolute atomic E-state index is 5.52. The maximum Gasteiger partial charge on any atom is 0.161 e. The van der Waals surface area contributed by atoms with Crippen molar-refractivity contribution >= 4 is 0 Å². The van der Waals surface area contributed by atoms with E-state index in [2.05, 4.69) is 5.48 Å². The third-order valence-electron chi connectivity index (χ3n) is 2.26. The molecule has 0 bridgehead atoms. The molecule has 0 radical (unpaired) electrons. The summed E-state index contributed by atoms with van der Waals surface area (Å²) in [6, 6.07) is 5.92. The highest BCUT2D eigenvalue weighted by molar-refractivity contribution is 5.43. The van der Waals surface area contributed by atoms with Crippen molar-refractivity contribution < 1.29 is 14.3 Å². The highest BCUT2D eigenvalue weighted by Crippen LogP contribution is 2.30. The summed E-state index contributed by atoms with van der Waals surface area (Å²) in [5.74, 6) is 1.63. The SMILES string of the molecule is CC(C)(C)ONCc1ccc2c(c1)OCCO2. The molecule has 0 amide bonds. The molecule has 1 N–H and O–H groups in total. The minimum Gasteiger partial charge on any atom is -0.486 e. The fourth-order valence-corrected chi connectivity index (χ4v) is 1.53. The first kappa shape index (κ1) is 12.2. The molecular formula is C13H19NO3. The zero-order valence-electron chi connectivity index (χ0n) is 10.6. The van der Waals surface area contributed by atoms with E-state index in [1.54, 1.807) is 0 Å². The Labute approximate surface area is 102 Å². The molecule has 0 aromatic heterocycles. The Bertz CT molecular complexity index is 385. The highest BCUT2D eigenvalue weighted by atomic mass is 16.7. The van der Waals surface area contributed by atoms with Gasteiger partial charge in [-0.15, -0.1) is 0 Å². The predicted octanol–water partition coefficient (Wildman–Crippen LogP) is 2.28. The summed E-state index contributed by atoms with van der Waals surface area (Å²) < 4.78 is 11.0. The van der Waals surface area contributed by atoms with Gasteiger partial charge in [-0.2, -0.15) is 5.48 Å². The van der Waals surface area contributed by atoms with Gasteiger partial charge in [-0.05, 0) is 38.5 Å². The fraction of sp³-hybridized carbons (Fsp3) is 0.538. The third kappa shape index (κ3) is 3.61. The number of hydroxylamine groups is 1. The van der Waals surface area contributed by atoms with E-state index in [0.29, 0.717) is 19.8 Å². The lowest BCUT2D eigenvalue weighted by Gasteiger charge is -2.21. The number of hydrogen-bond donors (Lipinski definition) is 1. The Morgan fingerprint density at radius 2 is 1.88 bits per heavy atom. The Kier molecular flexibility index (Phi) is 3.54. The van der Waals surface area contributed by atoms with Crippen LogP contribution in [0.3, 0.4) is 0 Å².